The van der Waals surface area contributed by atoms with E-state index in [9.17, 15) is 13.2 Å². The fourth-order valence-electron chi connectivity index (χ4n) is 4.81. The summed E-state index contributed by atoms with van der Waals surface area (Å²) in [5.41, 5.74) is 2.73. The fourth-order valence-corrected chi connectivity index (χ4v) is 5.40. The van der Waals surface area contributed by atoms with Gasteiger partial charge in [0.15, 0.2) is 6.61 Å². The van der Waals surface area contributed by atoms with Gasteiger partial charge in [0.1, 0.15) is 17.7 Å². The summed E-state index contributed by atoms with van der Waals surface area (Å²) in [4.78, 5) is 14.7. The molecule has 170 valence electrons. The number of rotatable bonds is 1. The van der Waals surface area contributed by atoms with Gasteiger partial charge in [-0.3, -0.25) is 9.89 Å². The average Bonchev–Trinajstić information content (AvgIpc) is 3.22. The fraction of sp³-hybridized carbons (Fsp3) is 0.500. The molecule has 1 aliphatic carbocycles. The van der Waals surface area contributed by atoms with Gasteiger partial charge in [-0.25, -0.2) is 8.42 Å². The van der Waals surface area contributed by atoms with Gasteiger partial charge < -0.3 is 14.4 Å². The van der Waals surface area contributed by atoms with Crippen molar-refractivity contribution in [3.8, 4) is 5.75 Å². The maximum atomic E-state index is 13.1. The van der Waals surface area contributed by atoms with Gasteiger partial charge in [-0.15, -0.1) is 0 Å². The number of carbonyl (C=O) groups is 1. The van der Waals surface area contributed by atoms with Crippen LogP contribution in [-0.2, 0) is 19.6 Å². The summed E-state index contributed by atoms with van der Waals surface area (Å²) in [5, 5.41) is 8.10. The summed E-state index contributed by atoms with van der Waals surface area (Å²) in [5.74, 6) is 0.742. The maximum Gasteiger partial charge on any atom is 0.265 e. The van der Waals surface area contributed by atoms with E-state index in [0.717, 1.165) is 48.4 Å². The predicted molar refractivity (Wildman–Crippen MR) is 119 cm³/mol. The quantitative estimate of drug-likeness (QED) is 0.703. The smallest absolute Gasteiger partial charge is 0.265 e. The molecule has 0 spiro atoms. The third kappa shape index (κ3) is 4.23. The third-order valence-electron chi connectivity index (χ3n) is 6.37. The molecule has 2 aromatic rings. The Hall–Kier alpha value is -2.88. The van der Waals surface area contributed by atoms with E-state index < -0.39 is 10.0 Å². The van der Waals surface area contributed by atoms with Crippen molar-refractivity contribution in [2.45, 2.75) is 50.5 Å². The van der Waals surface area contributed by atoms with E-state index in [0.29, 0.717) is 42.5 Å². The largest absolute Gasteiger partial charge is 0.496 e. The number of ether oxygens (including phenoxy) is 2. The van der Waals surface area contributed by atoms with Crippen LogP contribution in [0.3, 0.4) is 0 Å². The van der Waals surface area contributed by atoms with E-state index in [1.54, 1.807) is 6.20 Å². The molecule has 3 aliphatic heterocycles. The van der Waals surface area contributed by atoms with Crippen LogP contribution in [0.5, 0.6) is 5.75 Å². The van der Waals surface area contributed by atoms with Crippen LogP contribution in [0.15, 0.2) is 34.7 Å². The summed E-state index contributed by atoms with van der Waals surface area (Å²) in [6.45, 7) is 0.298. The van der Waals surface area contributed by atoms with Crippen molar-refractivity contribution >= 4 is 32.5 Å². The van der Waals surface area contributed by atoms with E-state index in [1.807, 2.05) is 6.07 Å². The first kappa shape index (κ1) is 21.0. The number of H-pyrrole nitrogens is 1. The number of piperidine rings is 1. The Morgan fingerprint density at radius 3 is 2.81 bits per heavy atom. The van der Waals surface area contributed by atoms with Gasteiger partial charge in [-0.1, -0.05) is 0 Å². The van der Waals surface area contributed by atoms with Gasteiger partial charge >= 0.3 is 0 Å². The number of fused-ring (bicyclic) bond motifs is 6. The number of nitrogens with one attached hydrogen (secondary N) is 1. The first-order valence-electron chi connectivity index (χ1n) is 10.9. The van der Waals surface area contributed by atoms with Crippen LogP contribution < -0.4 is 4.74 Å². The molecule has 2 bridgehead atoms. The number of hydrogen-bond acceptors (Lipinski definition) is 6. The summed E-state index contributed by atoms with van der Waals surface area (Å²) in [6.07, 6.45) is 9.10. The van der Waals surface area contributed by atoms with Crippen LogP contribution in [0.1, 0.15) is 50.0 Å². The second-order valence-corrected chi connectivity index (χ2v) is 10.3. The zero-order valence-corrected chi connectivity index (χ0v) is 18.7. The van der Waals surface area contributed by atoms with Gasteiger partial charge in [0.2, 0.25) is 0 Å². The molecule has 9 nitrogen and oxygen atoms in total. The Morgan fingerprint density at radius 1 is 1.22 bits per heavy atom. The molecule has 2 fully saturated rings. The van der Waals surface area contributed by atoms with Crippen molar-refractivity contribution in [3.63, 3.8) is 0 Å². The van der Waals surface area contributed by atoms with Crippen molar-refractivity contribution in [1.29, 1.82) is 0 Å². The molecular weight excluding hydrogens is 432 g/mol. The number of allylic oxidation sites excluding steroid dienone is 1. The molecule has 0 unspecified atom stereocenters. The van der Waals surface area contributed by atoms with Crippen molar-refractivity contribution in [3.05, 3.63) is 35.9 Å². The van der Waals surface area contributed by atoms with Crippen LogP contribution in [0, 0.1) is 0 Å². The van der Waals surface area contributed by atoms with Crippen molar-refractivity contribution in [2.24, 2.45) is 4.40 Å². The minimum absolute atomic E-state index is 0.0138. The summed E-state index contributed by atoms with van der Waals surface area (Å²) in [7, 11) is -3.60. The molecule has 0 atom stereocenters. The summed E-state index contributed by atoms with van der Waals surface area (Å²) >= 11 is 0. The third-order valence-corrected chi connectivity index (χ3v) is 6.92. The lowest BCUT2D eigenvalue weighted by Crippen LogP contribution is -2.41. The van der Waals surface area contributed by atoms with Crippen LogP contribution in [-0.4, -0.2) is 60.6 Å². The van der Waals surface area contributed by atoms with E-state index in [-0.39, 0.29) is 18.6 Å². The first-order chi connectivity index (χ1) is 15.4. The Morgan fingerprint density at radius 2 is 2.03 bits per heavy atom. The highest BCUT2D eigenvalue weighted by Crippen LogP contribution is 2.40. The zero-order chi connectivity index (χ0) is 22.3. The van der Waals surface area contributed by atoms with Gasteiger partial charge in [-0.05, 0) is 56.1 Å². The highest BCUT2D eigenvalue weighted by molar-refractivity contribution is 7.89. The topological polar surface area (TPSA) is 114 Å². The number of nitrogens with zero attached hydrogens (tertiary/aromatic N) is 3. The monoisotopic (exact) mass is 458 g/mol. The van der Waals surface area contributed by atoms with Gasteiger partial charge in [0.25, 0.3) is 15.9 Å². The number of aromatic nitrogens is 2. The second kappa shape index (κ2) is 8.23. The molecule has 4 aliphatic rings. The number of hydrogen-bond donors (Lipinski definition) is 1. The van der Waals surface area contributed by atoms with Gasteiger partial charge in [-0.2, -0.15) is 9.50 Å². The Labute approximate surface area is 186 Å². The molecule has 1 saturated heterocycles. The Bertz CT molecular complexity index is 1210. The minimum atomic E-state index is -3.60. The first-order valence-corrected chi connectivity index (χ1v) is 12.8. The number of sulfonamides is 1. The van der Waals surface area contributed by atoms with E-state index in [1.165, 1.54) is 11.2 Å². The lowest BCUT2D eigenvalue weighted by Gasteiger charge is -2.31. The highest BCUT2D eigenvalue weighted by Gasteiger charge is 2.31. The summed E-state index contributed by atoms with van der Waals surface area (Å²) in [6, 6.07) is 4.02. The predicted octanol–water partition coefficient (Wildman–Crippen LogP) is 2.86. The van der Waals surface area contributed by atoms with Crippen LogP contribution in [0.25, 0.3) is 10.9 Å². The average molecular weight is 459 g/mol. The summed E-state index contributed by atoms with van der Waals surface area (Å²) < 4.78 is 39.7. The van der Waals surface area contributed by atoms with Crippen LogP contribution >= 0.6 is 0 Å². The van der Waals surface area contributed by atoms with Crippen molar-refractivity contribution < 1.29 is 22.7 Å². The van der Waals surface area contributed by atoms with E-state index >= 15 is 0 Å². The molecule has 4 heterocycles. The van der Waals surface area contributed by atoms with Crippen LogP contribution in [0.4, 0.5) is 0 Å². The standard InChI is InChI=1S/C22H26N4O5S/c1-32(28,29)25-18-3-2-8-26-20(18)12-30-16-6-4-14(5-7-16)17-9-15-11-23-24-19(15)10-21(17)31-13-22(26)27/h9-12,14,16H,2-8,13H2,1H3,(H,23,24)/b20-12-,25-18+. The Balaban J connectivity index is 1.54. The molecule has 32 heavy (non-hydrogen) atoms. The van der Waals surface area contributed by atoms with E-state index in [4.69, 9.17) is 9.47 Å². The Kier molecular flexibility index (Phi) is 5.40. The molecule has 1 amide bonds. The number of aromatic amines is 1. The normalized spacial score (nSPS) is 27.3. The highest BCUT2D eigenvalue weighted by atomic mass is 32.2. The molecule has 1 aromatic carbocycles. The van der Waals surface area contributed by atoms with Crippen molar-refractivity contribution in [1.82, 2.24) is 15.1 Å². The maximum absolute atomic E-state index is 13.1. The SMILES string of the molecule is CS(=O)(=O)/N=C1CCCN2C(=O)COc3cc4[nH]ncc4cc3C3CCC(CC3)O\C=C\12. The minimum Gasteiger partial charge on any atom is -0.496 e. The molecule has 10 heteroatoms. The molecule has 0 radical (unpaired) electrons. The lowest BCUT2D eigenvalue weighted by molar-refractivity contribution is -0.131. The molecule has 1 aromatic heterocycles. The van der Waals surface area contributed by atoms with Gasteiger partial charge in [0.05, 0.1) is 29.8 Å². The molecule has 1 N–H and O–H groups in total. The van der Waals surface area contributed by atoms with Crippen LogP contribution in [0.2, 0.25) is 0 Å². The van der Waals surface area contributed by atoms with Gasteiger partial charge in [0, 0.05) is 18.0 Å². The molecule has 6 rings (SSSR count). The van der Waals surface area contributed by atoms with Crippen molar-refractivity contribution in [2.75, 3.05) is 19.4 Å². The number of amides is 1. The number of benzene rings is 1. The molecular formula is C22H26N4O5S. The van der Waals surface area contributed by atoms with E-state index in [2.05, 4.69) is 20.7 Å². The molecule has 1 saturated carbocycles. The zero-order valence-electron chi connectivity index (χ0n) is 17.9. The second-order valence-electron chi connectivity index (χ2n) is 8.67. The lowest BCUT2D eigenvalue weighted by atomic mass is 9.82. The number of carbonyl (C=O) groups excluding carboxylic acids is 1.